The summed E-state index contributed by atoms with van der Waals surface area (Å²) < 4.78 is 11.0. The van der Waals surface area contributed by atoms with E-state index >= 15 is 0 Å². The van der Waals surface area contributed by atoms with Crippen LogP contribution in [0.1, 0.15) is 39.2 Å². The highest BCUT2D eigenvalue weighted by atomic mass is 16.6. The normalized spacial score (nSPS) is 22.7. The lowest BCUT2D eigenvalue weighted by Crippen LogP contribution is -2.50. The number of hydrogen-bond acceptors (Lipinski definition) is 4. The van der Waals surface area contributed by atoms with Gasteiger partial charge in [-0.3, -0.25) is 0 Å². The Hall–Kier alpha value is -2.24. The van der Waals surface area contributed by atoms with Crippen molar-refractivity contribution in [2.75, 3.05) is 19.6 Å². The average Bonchev–Trinajstić information content (AvgIpc) is 3.03. The van der Waals surface area contributed by atoms with E-state index in [2.05, 4.69) is 0 Å². The predicted molar refractivity (Wildman–Crippen MR) is 97.7 cm³/mol. The van der Waals surface area contributed by atoms with Gasteiger partial charge in [0.05, 0.1) is 6.04 Å². The maximum atomic E-state index is 12.5. The van der Waals surface area contributed by atoms with Crippen LogP contribution in [0.5, 0.6) is 0 Å². The molecule has 0 radical (unpaired) electrons. The number of nitrogens with zero attached hydrogens (tertiary/aromatic N) is 2. The number of benzene rings is 1. The van der Waals surface area contributed by atoms with E-state index in [0.717, 1.165) is 18.4 Å². The third kappa shape index (κ3) is 4.48. The van der Waals surface area contributed by atoms with Crippen molar-refractivity contribution < 1.29 is 19.1 Å². The van der Waals surface area contributed by atoms with Gasteiger partial charge in [-0.1, -0.05) is 30.3 Å². The molecule has 2 aliphatic heterocycles. The van der Waals surface area contributed by atoms with Crippen molar-refractivity contribution >= 4 is 12.2 Å². The van der Waals surface area contributed by atoms with Crippen LogP contribution in [0.4, 0.5) is 9.59 Å². The van der Waals surface area contributed by atoms with Crippen molar-refractivity contribution in [3.8, 4) is 0 Å². The highest BCUT2D eigenvalue weighted by Crippen LogP contribution is 2.32. The number of fused-ring (bicyclic) bond motifs is 1. The summed E-state index contributed by atoms with van der Waals surface area (Å²) >= 11 is 0. The number of piperidine rings is 1. The monoisotopic (exact) mass is 360 g/mol. The number of amides is 2. The minimum Gasteiger partial charge on any atom is -0.445 e. The molecule has 0 bridgehead atoms. The fraction of sp³-hybridized carbons (Fsp3) is 0.600. The van der Waals surface area contributed by atoms with Crippen LogP contribution in [0.15, 0.2) is 30.3 Å². The molecule has 0 spiro atoms. The van der Waals surface area contributed by atoms with Crippen LogP contribution in [0.3, 0.4) is 0 Å². The molecule has 2 aliphatic rings. The summed E-state index contributed by atoms with van der Waals surface area (Å²) in [6.07, 6.45) is 1.36. The van der Waals surface area contributed by atoms with Crippen molar-refractivity contribution in [2.24, 2.45) is 5.92 Å². The van der Waals surface area contributed by atoms with Gasteiger partial charge in [0.2, 0.25) is 0 Å². The molecule has 2 atom stereocenters. The van der Waals surface area contributed by atoms with E-state index < -0.39 is 5.60 Å². The lowest BCUT2D eigenvalue weighted by molar-refractivity contribution is 0.00608. The molecular weight excluding hydrogens is 332 g/mol. The number of rotatable bonds is 2. The Morgan fingerprint density at radius 3 is 2.54 bits per heavy atom. The number of ether oxygens (including phenoxy) is 2. The van der Waals surface area contributed by atoms with E-state index in [9.17, 15) is 9.59 Å². The SMILES string of the molecule is CC(C)(C)OC(=O)N1CCCC2CN(C(=O)OCc3ccccc3)CC21. The van der Waals surface area contributed by atoms with Crippen molar-refractivity contribution in [1.29, 1.82) is 0 Å². The van der Waals surface area contributed by atoms with Gasteiger partial charge in [-0.25, -0.2) is 9.59 Å². The Bertz CT molecular complexity index is 641. The predicted octanol–water partition coefficient (Wildman–Crippen LogP) is 3.65. The molecule has 2 unspecified atom stereocenters. The summed E-state index contributed by atoms with van der Waals surface area (Å²) in [5.74, 6) is 0.292. The number of likely N-dealkylation sites (tertiary alicyclic amines) is 2. The van der Waals surface area contributed by atoms with E-state index in [0.29, 0.717) is 25.6 Å². The van der Waals surface area contributed by atoms with Crippen LogP contribution >= 0.6 is 0 Å². The van der Waals surface area contributed by atoms with Gasteiger partial charge in [0.25, 0.3) is 0 Å². The Kier molecular flexibility index (Phi) is 5.39. The molecule has 142 valence electrons. The largest absolute Gasteiger partial charge is 0.445 e. The minimum absolute atomic E-state index is 0.0166. The van der Waals surface area contributed by atoms with E-state index in [1.165, 1.54) is 0 Å². The second-order valence-electron chi connectivity index (χ2n) is 8.09. The molecule has 0 aromatic heterocycles. The van der Waals surface area contributed by atoms with E-state index in [4.69, 9.17) is 9.47 Å². The topological polar surface area (TPSA) is 59.1 Å². The van der Waals surface area contributed by atoms with Gasteiger partial charge in [0.15, 0.2) is 0 Å². The van der Waals surface area contributed by atoms with Crippen molar-refractivity contribution in [3.05, 3.63) is 35.9 Å². The Balaban J connectivity index is 1.58. The van der Waals surface area contributed by atoms with Gasteiger partial charge >= 0.3 is 12.2 Å². The second kappa shape index (κ2) is 7.56. The van der Waals surface area contributed by atoms with E-state index in [1.807, 2.05) is 51.1 Å². The summed E-state index contributed by atoms with van der Waals surface area (Å²) in [6.45, 7) is 7.70. The Morgan fingerprint density at radius 1 is 1.12 bits per heavy atom. The maximum Gasteiger partial charge on any atom is 0.410 e. The Labute approximate surface area is 155 Å². The molecule has 2 amide bonds. The number of carbonyl (C=O) groups excluding carboxylic acids is 2. The first-order valence-corrected chi connectivity index (χ1v) is 9.29. The van der Waals surface area contributed by atoms with Crippen LogP contribution in [0.2, 0.25) is 0 Å². The summed E-state index contributed by atoms with van der Waals surface area (Å²) in [5.41, 5.74) is 0.449. The fourth-order valence-electron chi connectivity index (χ4n) is 3.69. The van der Waals surface area contributed by atoms with Crippen LogP contribution < -0.4 is 0 Å². The molecule has 26 heavy (non-hydrogen) atoms. The third-order valence-electron chi connectivity index (χ3n) is 4.87. The van der Waals surface area contributed by atoms with Crippen molar-refractivity contribution in [2.45, 2.75) is 51.9 Å². The highest BCUT2D eigenvalue weighted by Gasteiger charge is 2.44. The van der Waals surface area contributed by atoms with Crippen molar-refractivity contribution in [1.82, 2.24) is 9.80 Å². The quantitative estimate of drug-likeness (QED) is 0.808. The first kappa shape index (κ1) is 18.5. The van der Waals surface area contributed by atoms with Crippen molar-refractivity contribution in [3.63, 3.8) is 0 Å². The summed E-state index contributed by atoms with van der Waals surface area (Å²) in [5, 5.41) is 0. The number of carbonyl (C=O) groups is 2. The maximum absolute atomic E-state index is 12.5. The Morgan fingerprint density at radius 2 is 1.85 bits per heavy atom. The van der Waals surface area contributed by atoms with Gasteiger partial charge in [-0.2, -0.15) is 0 Å². The zero-order valence-electron chi connectivity index (χ0n) is 15.8. The molecule has 1 aromatic carbocycles. The lowest BCUT2D eigenvalue weighted by Gasteiger charge is -2.37. The van der Waals surface area contributed by atoms with Gasteiger partial charge < -0.3 is 19.3 Å². The molecule has 2 heterocycles. The summed E-state index contributed by atoms with van der Waals surface area (Å²) in [4.78, 5) is 28.5. The molecule has 3 rings (SSSR count). The molecule has 2 fully saturated rings. The minimum atomic E-state index is -0.517. The molecule has 2 saturated heterocycles. The van der Waals surface area contributed by atoms with E-state index in [1.54, 1.807) is 9.80 Å². The molecule has 6 nitrogen and oxygen atoms in total. The fourth-order valence-corrected chi connectivity index (χ4v) is 3.69. The van der Waals surface area contributed by atoms with Gasteiger partial charge in [0, 0.05) is 19.6 Å². The second-order valence-corrected chi connectivity index (χ2v) is 8.09. The smallest absolute Gasteiger partial charge is 0.410 e. The molecular formula is C20H28N2O4. The van der Waals surface area contributed by atoms with Crippen LogP contribution in [-0.4, -0.2) is 53.3 Å². The standard InChI is InChI=1S/C20H28N2O4/c1-20(2,3)26-19(24)22-11-7-10-16-12-21(13-17(16)22)18(23)25-14-15-8-5-4-6-9-15/h4-6,8-9,16-17H,7,10-14H2,1-3H3. The molecule has 0 aliphatic carbocycles. The molecule has 6 heteroatoms. The van der Waals surface area contributed by atoms with Gasteiger partial charge in [-0.15, -0.1) is 0 Å². The van der Waals surface area contributed by atoms with Gasteiger partial charge in [0.1, 0.15) is 12.2 Å². The lowest BCUT2D eigenvalue weighted by atomic mass is 9.92. The highest BCUT2D eigenvalue weighted by molar-refractivity contribution is 5.70. The van der Waals surface area contributed by atoms with Gasteiger partial charge in [-0.05, 0) is 45.1 Å². The molecule has 1 aromatic rings. The number of hydrogen-bond donors (Lipinski definition) is 0. The zero-order chi connectivity index (χ0) is 18.7. The zero-order valence-corrected chi connectivity index (χ0v) is 15.8. The van der Waals surface area contributed by atoms with Crippen LogP contribution in [-0.2, 0) is 16.1 Å². The average molecular weight is 360 g/mol. The molecule has 0 saturated carbocycles. The summed E-state index contributed by atoms with van der Waals surface area (Å²) in [7, 11) is 0. The molecule has 0 N–H and O–H groups in total. The van der Waals surface area contributed by atoms with Crippen LogP contribution in [0, 0.1) is 5.92 Å². The third-order valence-corrected chi connectivity index (χ3v) is 4.87. The van der Waals surface area contributed by atoms with E-state index in [-0.39, 0.29) is 24.8 Å². The summed E-state index contributed by atoms with van der Waals surface area (Å²) in [6, 6.07) is 9.66. The first-order valence-electron chi connectivity index (χ1n) is 9.29. The first-order chi connectivity index (χ1) is 12.3. The van der Waals surface area contributed by atoms with Crippen LogP contribution in [0.25, 0.3) is 0 Å².